The van der Waals surface area contributed by atoms with Gasteiger partial charge in [0, 0.05) is 5.92 Å². The van der Waals surface area contributed by atoms with Crippen LogP contribution in [0.15, 0.2) is 12.3 Å². The number of fused-ring (bicyclic) bond motifs is 1. The van der Waals surface area contributed by atoms with Crippen LogP contribution in [0.3, 0.4) is 0 Å². The fourth-order valence-electron chi connectivity index (χ4n) is 1.13. The topological polar surface area (TPSA) is 18.5 Å². The molecule has 0 aromatic carbocycles. The van der Waals surface area contributed by atoms with Crippen LogP contribution in [0.5, 0.6) is 0 Å². The highest BCUT2D eigenvalue weighted by Crippen LogP contribution is 2.27. The van der Waals surface area contributed by atoms with Gasteiger partial charge in [-0.15, -0.1) is 0 Å². The normalized spacial score (nSPS) is 42.0. The molecule has 0 unspecified atom stereocenters. The molecule has 2 atom stereocenters. The molecule has 2 aliphatic rings. The van der Waals surface area contributed by atoms with Gasteiger partial charge in [-0.05, 0) is 12.5 Å². The minimum absolute atomic E-state index is 0.0648. The molecule has 0 aromatic heterocycles. The highest BCUT2D eigenvalue weighted by atomic mass is 16.7. The Morgan fingerprint density at radius 1 is 1.50 bits per heavy atom. The molecule has 0 amide bonds. The molecule has 2 heteroatoms. The van der Waals surface area contributed by atoms with Gasteiger partial charge in [-0.1, -0.05) is 0 Å². The Morgan fingerprint density at radius 3 is 3.38 bits per heavy atom. The lowest BCUT2D eigenvalue weighted by molar-refractivity contribution is -0.0689. The van der Waals surface area contributed by atoms with E-state index < -0.39 is 0 Å². The summed E-state index contributed by atoms with van der Waals surface area (Å²) in [7, 11) is 0. The lowest BCUT2D eigenvalue weighted by Crippen LogP contribution is -2.09. The maximum atomic E-state index is 5.19. The fraction of sp³-hybridized carbons (Fsp3) is 0.667. The molecule has 0 bridgehead atoms. The highest BCUT2D eigenvalue weighted by Gasteiger charge is 2.30. The van der Waals surface area contributed by atoms with Crippen LogP contribution in [0.25, 0.3) is 0 Å². The molecule has 1 saturated heterocycles. The smallest absolute Gasteiger partial charge is 0.205 e. The zero-order chi connectivity index (χ0) is 5.40. The van der Waals surface area contributed by atoms with E-state index in [1.807, 2.05) is 0 Å². The molecule has 2 aliphatic heterocycles. The molecule has 0 saturated carbocycles. The molecule has 0 spiro atoms. The Bertz CT molecular complexity index is 120. The first-order valence-corrected chi connectivity index (χ1v) is 2.90. The van der Waals surface area contributed by atoms with Crippen molar-refractivity contribution in [2.75, 3.05) is 6.61 Å². The van der Waals surface area contributed by atoms with E-state index in [0.29, 0.717) is 5.92 Å². The Morgan fingerprint density at radius 2 is 2.50 bits per heavy atom. The van der Waals surface area contributed by atoms with Gasteiger partial charge in [0.15, 0.2) is 0 Å². The summed E-state index contributed by atoms with van der Waals surface area (Å²) >= 11 is 0. The first-order valence-electron chi connectivity index (χ1n) is 2.90. The van der Waals surface area contributed by atoms with Crippen LogP contribution in [0.2, 0.25) is 0 Å². The summed E-state index contributed by atoms with van der Waals surface area (Å²) in [5.74, 6) is 0.551. The third-order valence-electron chi connectivity index (χ3n) is 1.62. The first kappa shape index (κ1) is 4.39. The maximum absolute atomic E-state index is 5.19. The lowest BCUT2D eigenvalue weighted by atomic mass is 10.1. The molecule has 0 radical (unpaired) electrons. The Hall–Kier alpha value is -0.500. The summed E-state index contributed by atoms with van der Waals surface area (Å²) < 4.78 is 10.3. The third-order valence-corrected chi connectivity index (χ3v) is 1.62. The Kier molecular flexibility index (Phi) is 0.815. The SMILES string of the molecule is C1=C[C@@H]2CCO[C@@H]2O1. The van der Waals surface area contributed by atoms with E-state index in [-0.39, 0.29) is 6.29 Å². The minimum atomic E-state index is 0.0648. The molecule has 8 heavy (non-hydrogen) atoms. The Labute approximate surface area is 48.1 Å². The van der Waals surface area contributed by atoms with Gasteiger partial charge in [-0.25, -0.2) is 0 Å². The standard InChI is InChI=1S/C6H8O2/c1-3-7-6-5(1)2-4-8-6/h1,3,5-6H,2,4H2/t5-,6+/m1/s1. The maximum Gasteiger partial charge on any atom is 0.205 e. The van der Waals surface area contributed by atoms with Crippen LogP contribution in [-0.2, 0) is 9.47 Å². The zero-order valence-corrected chi connectivity index (χ0v) is 4.54. The molecular weight excluding hydrogens is 104 g/mol. The Balaban J connectivity index is 2.13. The quantitative estimate of drug-likeness (QED) is 0.463. The van der Waals surface area contributed by atoms with Crippen LogP contribution < -0.4 is 0 Å². The van der Waals surface area contributed by atoms with Crippen LogP contribution >= 0.6 is 0 Å². The van der Waals surface area contributed by atoms with E-state index >= 15 is 0 Å². The van der Waals surface area contributed by atoms with Gasteiger partial charge in [0.1, 0.15) is 0 Å². The van der Waals surface area contributed by atoms with Crippen molar-refractivity contribution in [1.82, 2.24) is 0 Å². The van der Waals surface area contributed by atoms with Gasteiger partial charge in [0.2, 0.25) is 6.29 Å². The van der Waals surface area contributed by atoms with Crippen molar-refractivity contribution in [2.45, 2.75) is 12.7 Å². The van der Waals surface area contributed by atoms with Crippen molar-refractivity contribution in [3.63, 3.8) is 0 Å². The van der Waals surface area contributed by atoms with Gasteiger partial charge in [0.05, 0.1) is 12.9 Å². The van der Waals surface area contributed by atoms with Crippen molar-refractivity contribution < 1.29 is 9.47 Å². The van der Waals surface area contributed by atoms with E-state index in [1.54, 1.807) is 6.26 Å². The number of hydrogen-bond donors (Lipinski definition) is 0. The summed E-state index contributed by atoms with van der Waals surface area (Å²) in [6, 6.07) is 0. The van der Waals surface area contributed by atoms with Gasteiger partial charge in [-0.2, -0.15) is 0 Å². The second kappa shape index (κ2) is 1.49. The predicted octanol–water partition coefficient (Wildman–Crippen LogP) is 0.893. The van der Waals surface area contributed by atoms with Crippen LogP contribution in [0.4, 0.5) is 0 Å². The van der Waals surface area contributed by atoms with Gasteiger partial charge >= 0.3 is 0 Å². The number of rotatable bonds is 0. The molecule has 0 aromatic rings. The first-order chi connectivity index (χ1) is 3.97. The van der Waals surface area contributed by atoms with Crippen molar-refractivity contribution in [1.29, 1.82) is 0 Å². The number of hydrogen-bond acceptors (Lipinski definition) is 2. The van der Waals surface area contributed by atoms with E-state index in [0.717, 1.165) is 13.0 Å². The van der Waals surface area contributed by atoms with Crippen molar-refractivity contribution in [2.24, 2.45) is 5.92 Å². The second-order valence-corrected chi connectivity index (χ2v) is 2.16. The lowest BCUT2D eigenvalue weighted by Gasteiger charge is -2.05. The van der Waals surface area contributed by atoms with Crippen molar-refractivity contribution >= 4 is 0 Å². The fourth-order valence-corrected chi connectivity index (χ4v) is 1.13. The minimum Gasteiger partial charge on any atom is -0.472 e. The van der Waals surface area contributed by atoms with Gasteiger partial charge < -0.3 is 9.47 Å². The molecule has 0 N–H and O–H groups in total. The summed E-state index contributed by atoms with van der Waals surface area (Å²) in [6.45, 7) is 0.861. The van der Waals surface area contributed by atoms with E-state index in [9.17, 15) is 0 Å². The number of ether oxygens (including phenoxy) is 2. The monoisotopic (exact) mass is 112 g/mol. The summed E-state index contributed by atoms with van der Waals surface area (Å²) in [5, 5.41) is 0. The molecule has 2 nitrogen and oxygen atoms in total. The highest BCUT2D eigenvalue weighted by molar-refractivity contribution is 4.94. The molecule has 1 fully saturated rings. The molecule has 2 rings (SSSR count). The van der Waals surface area contributed by atoms with Crippen LogP contribution in [0, 0.1) is 5.92 Å². The third kappa shape index (κ3) is 0.464. The molecule has 2 heterocycles. The average molecular weight is 112 g/mol. The van der Waals surface area contributed by atoms with E-state index in [2.05, 4.69) is 6.08 Å². The van der Waals surface area contributed by atoms with E-state index in [4.69, 9.17) is 9.47 Å². The molecular formula is C6H8O2. The second-order valence-electron chi connectivity index (χ2n) is 2.16. The summed E-state index contributed by atoms with van der Waals surface area (Å²) in [5.41, 5.74) is 0. The molecule has 0 aliphatic carbocycles. The van der Waals surface area contributed by atoms with Gasteiger partial charge in [0.25, 0.3) is 0 Å². The van der Waals surface area contributed by atoms with Gasteiger partial charge in [-0.3, -0.25) is 0 Å². The molecule has 44 valence electrons. The zero-order valence-electron chi connectivity index (χ0n) is 4.54. The predicted molar refractivity (Wildman–Crippen MR) is 28.1 cm³/mol. The largest absolute Gasteiger partial charge is 0.472 e. The summed E-state index contributed by atoms with van der Waals surface area (Å²) in [6.07, 6.45) is 4.99. The summed E-state index contributed by atoms with van der Waals surface area (Å²) in [4.78, 5) is 0. The van der Waals surface area contributed by atoms with Crippen molar-refractivity contribution in [3.05, 3.63) is 12.3 Å². The van der Waals surface area contributed by atoms with Crippen LogP contribution in [-0.4, -0.2) is 12.9 Å². The van der Waals surface area contributed by atoms with E-state index in [1.165, 1.54) is 0 Å². The van der Waals surface area contributed by atoms with Crippen molar-refractivity contribution in [3.8, 4) is 0 Å². The van der Waals surface area contributed by atoms with Crippen LogP contribution in [0.1, 0.15) is 6.42 Å². The average Bonchev–Trinajstić information content (AvgIpc) is 2.15.